The molecule has 0 unspecified atom stereocenters. The molecular weight excluding hydrogens is 380 g/mol. The van der Waals surface area contributed by atoms with Crippen molar-refractivity contribution in [2.24, 2.45) is 5.10 Å². The highest BCUT2D eigenvalue weighted by atomic mass is 79.9. The molecular formula is C17H14BrClN2O2. The number of benzene rings is 2. The Labute approximate surface area is 147 Å². The van der Waals surface area contributed by atoms with Gasteiger partial charge in [-0.25, -0.2) is 5.43 Å². The van der Waals surface area contributed by atoms with E-state index in [9.17, 15) is 4.79 Å². The number of rotatable bonds is 6. The van der Waals surface area contributed by atoms with Crippen molar-refractivity contribution in [3.63, 3.8) is 0 Å². The minimum absolute atomic E-state index is 0.325. The highest BCUT2D eigenvalue weighted by Crippen LogP contribution is 2.25. The summed E-state index contributed by atoms with van der Waals surface area (Å²) in [4.78, 5) is 11.9. The Balaban J connectivity index is 1.99. The van der Waals surface area contributed by atoms with E-state index in [0.717, 1.165) is 10.0 Å². The molecule has 0 heterocycles. The third-order valence-electron chi connectivity index (χ3n) is 2.78. The zero-order valence-corrected chi connectivity index (χ0v) is 14.5. The Morgan fingerprint density at radius 1 is 1.35 bits per heavy atom. The number of halogens is 2. The van der Waals surface area contributed by atoms with E-state index in [4.69, 9.17) is 16.3 Å². The molecule has 2 aromatic rings. The van der Waals surface area contributed by atoms with Gasteiger partial charge in [0.25, 0.3) is 5.91 Å². The highest BCUT2D eigenvalue weighted by Gasteiger charge is 2.04. The van der Waals surface area contributed by atoms with Gasteiger partial charge in [-0.15, -0.1) is 0 Å². The molecule has 118 valence electrons. The van der Waals surface area contributed by atoms with Crippen molar-refractivity contribution < 1.29 is 9.53 Å². The van der Waals surface area contributed by atoms with Crippen LogP contribution < -0.4 is 10.2 Å². The number of carbonyl (C=O) groups is 1. The van der Waals surface area contributed by atoms with Crippen LogP contribution in [0, 0.1) is 0 Å². The molecule has 4 nitrogen and oxygen atoms in total. The van der Waals surface area contributed by atoms with Crippen molar-refractivity contribution in [1.29, 1.82) is 0 Å². The van der Waals surface area contributed by atoms with Gasteiger partial charge in [0.1, 0.15) is 12.4 Å². The number of amides is 1. The molecule has 0 saturated carbocycles. The van der Waals surface area contributed by atoms with Gasteiger partial charge in [-0.1, -0.05) is 30.3 Å². The van der Waals surface area contributed by atoms with Crippen LogP contribution in [0.2, 0.25) is 5.02 Å². The number of hydrogen-bond acceptors (Lipinski definition) is 3. The normalized spacial score (nSPS) is 10.5. The van der Waals surface area contributed by atoms with Gasteiger partial charge >= 0.3 is 0 Å². The van der Waals surface area contributed by atoms with Crippen LogP contribution in [0.3, 0.4) is 0 Å². The van der Waals surface area contributed by atoms with Crippen LogP contribution in [-0.4, -0.2) is 18.7 Å². The highest BCUT2D eigenvalue weighted by molar-refractivity contribution is 9.10. The molecule has 1 N–H and O–H groups in total. The van der Waals surface area contributed by atoms with Gasteiger partial charge in [-0.2, -0.15) is 5.10 Å². The summed E-state index contributed by atoms with van der Waals surface area (Å²) in [6.45, 7) is 4.03. The largest absolute Gasteiger partial charge is 0.488 e. The van der Waals surface area contributed by atoms with Crippen LogP contribution in [0.5, 0.6) is 5.75 Å². The molecule has 0 spiro atoms. The Bertz CT molecular complexity index is 747. The lowest BCUT2D eigenvalue weighted by Gasteiger charge is -2.06. The fourth-order valence-corrected chi connectivity index (χ4v) is 2.42. The van der Waals surface area contributed by atoms with Crippen molar-refractivity contribution in [2.45, 2.75) is 0 Å². The predicted molar refractivity (Wildman–Crippen MR) is 96.3 cm³/mol. The van der Waals surface area contributed by atoms with Crippen LogP contribution in [0.4, 0.5) is 0 Å². The molecule has 0 aliphatic heterocycles. The average Bonchev–Trinajstić information content (AvgIpc) is 2.54. The third-order valence-corrected chi connectivity index (χ3v) is 3.63. The number of nitrogens with one attached hydrogen (secondary N) is 1. The first-order chi connectivity index (χ1) is 11.1. The Hall–Kier alpha value is -2.11. The number of hydrogen-bond donors (Lipinski definition) is 1. The summed E-state index contributed by atoms with van der Waals surface area (Å²) in [6.07, 6.45) is 3.22. The van der Waals surface area contributed by atoms with E-state index in [-0.39, 0.29) is 5.91 Å². The van der Waals surface area contributed by atoms with E-state index < -0.39 is 0 Å². The second kappa shape index (κ2) is 8.50. The lowest BCUT2D eigenvalue weighted by molar-refractivity contribution is 0.0955. The first-order valence-corrected chi connectivity index (χ1v) is 7.89. The number of hydrazone groups is 1. The molecule has 0 aromatic heterocycles. The summed E-state index contributed by atoms with van der Waals surface area (Å²) in [6, 6.07) is 12.1. The van der Waals surface area contributed by atoms with Crippen LogP contribution in [-0.2, 0) is 0 Å². The lowest BCUT2D eigenvalue weighted by Crippen LogP contribution is -2.17. The first kappa shape index (κ1) is 17.2. The minimum atomic E-state index is -0.325. The smallest absolute Gasteiger partial charge is 0.271 e. The molecule has 1 amide bonds. The van der Waals surface area contributed by atoms with Gasteiger partial charge in [0, 0.05) is 10.6 Å². The van der Waals surface area contributed by atoms with Gasteiger partial charge in [-0.3, -0.25) is 4.79 Å². The molecule has 6 heteroatoms. The van der Waals surface area contributed by atoms with Gasteiger partial charge in [-0.05, 0) is 57.9 Å². The molecule has 2 aromatic carbocycles. The summed E-state index contributed by atoms with van der Waals surface area (Å²) >= 11 is 9.27. The van der Waals surface area contributed by atoms with Crippen LogP contribution in [0.1, 0.15) is 15.9 Å². The van der Waals surface area contributed by atoms with E-state index in [1.165, 1.54) is 0 Å². The van der Waals surface area contributed by atoms with E-state index in [1.807, 2.05) is 18.2 Å². The maximum atomic E-state index is 11.9. The Kier molecular flexibility index (Phi) is 6.38. The van der Waals surface area contributed by atoms with E-state index in [2.05, 4.69) is 33.0 Å². The number of carbonyl (C=O) groups excluding carboxylic acids is 1. The SMILES string of the molecule is C=CCOc1ccc(/C=N\NC(=O)c2cccc(Cl)c2)cc1Br. The fraction of sp³-hybridized carbons (Fsp3) is 0.0588. The zero-order chi connectivity index (χ0) is 16.7. The number of ether oxygens (including phenoxy) is 1. The van der Waals surface area contributed by atoms with Gasteiger partial charge < -0.3 is 4.74 Å². The zero-order valence-electron chi connectivity index (χ0n) is 12.1. The third kappa shape index (κ3) is 5.23. The van der Waals surface area contributed by atoms with Crippen LogP contribution in [0.15, 0.2) is 64.7 Å². The average molecular weight is 394 g/mol. The summed E-state index contributed by atoms with van der Waals surface area (Å²) in [5, 5.41) is 4.44. The molecule has 0 bridgehead atoms. The van der Waals surface area contributed by atoms with E-state index >= 15 is 0 Å². The topological polar surface area (TPSA) is 50.7 Å². The van der Waals surface area contributed by atoms with E-state index in [1.54, 1.807) is 36.6 Å². The van der Waals surface area contributed by atoms with Gasteiger partial charge in [0.15, 0.2) is 0 Å². The summed E-state index contributed by atoms with van der Waals surface area (Å²) in [5.41, 5.74) is 3.72. The summed E-state index contributed by atoms with van der Waals surface area (Å²) in [7, 11) is 0. The standard InChI is InChI=1S/C17H14BrClN2O2/c1-2-8-23-16-7-6-12(9-15(16)18)11-20-21-17(22)13-4-3-5-14(19)10-13/h2-7,9-11H,1,8H2,(H,21,22)/b20-11-. The quantitative estimate of drug-likeness (QED) is 0.448. The Morgan fingerprint density at radius 3 is 2.87 bits per heavy atom. The van der Waals surface area contributed by atoms with E-state index in [0.29, 0.717) is 22.9 Å². The van der Waals surface area contributed by atoms with Gasteiger partial charge in [0.2, 0.25) is 0 Å². The Morgan fingerprint density at radius 2 is 2.17 bits per heavy atom. The monoisotopic (exact) mass is 392 g/mol. The molecule has 0 saturated heterocycles. The molecule has 0 fully saturated rings. The fourth-order valence-electron chi connectivity index (χ4n) is 1.72. The molecule has 2 rings (SSSR count). The van der Waals surface area contributed by atoms with Crippen molar-refractivity contribution in [1.82, 2.24) is 5.43 Å². The number of nitrogens with zero attached hydrogens (tertiary/aromatic N) is 1. The van der Waals surface area contributed by atoms with Crippen molar-refractivity contribution >= 4 is 39.7 Å². The predicted octanol–water partition coefficient (Wildman–Crippen LogP) is 4.43. The van der Waals surface area contributed by atoms with Crippen LogP contribution >= 0.6 is 27.5 Å². The maximum absolute atomic E-state index is 11.9. The van der Waals surface area contributed by atoms with Crippen LogP contribution in [0.25, 0.3) is 0 Å². The summed E-state index contributed by atoms with van der Waals surface area (Å²) in [5.74, 6) is 0.388. The summed E-state index contributed by atoms with van der Waals surface area (Å²) < 4.78 is 6.26. The molecule has 0 radical (unpaired) electrons. The molecule has 0 aliphatic rings. The molecule has 23 heavy (non-hydrogen) atoms. The second-order valence-corrected chi connectivity index (χ2v) is 5.79. The van der Waals surface area contributed by atoms with Crippen molar-refractivity contribution in [3.05, 3.63) is 75.7 Å². The van der Waals surface area contributed by atoms with Crippen molar-refractivity contribution in [2.75, 3.05) is 6.61 Å². The van der Waals surface area contributed by atoms with Gasteiger partial charge in [0.05, 0.1) is 10.7 Å². The maximum Gasteiger partial charge on any atom is 0.271 e. The van der Waals surface area contributed by atoms with Crippen molar-refractivity contribution in [3.8, 4) is 5.75 Å². The lowest BCUT2D eigenvalue weighted by atomic mass is 10.2. The molecule has 0 atom stereocenters. The first-order valence-electron chi connectivity index (χ1n) is 6.72. The second-order valence-electron chi connectivity index (χ2n) is 4.50. The molecule has 0 aliphatic carbocycles. The minimum Gasteiger partial charge on any atom is -0.488 e.